The van der Waals surface area contributed by atoms with E-state index in [9.17, 15) is 9.59 Å². The number of hydrogen-bond acceptors (Lipinski definition) is 6. The second kappa shape index (κ2) is 13.9. The van der Waals surface area contributed by atoms with Crippen molar-refractivity contribution >= 4 is 17.5 Å². The SMILES string of the molecule is [3H]NNC(=O)c1c([3H])c([3H])c(C(=O)N(CCCCCCN)CCCCCCN)c(N([3H])[3H])c1[3H]. The number of carbonyl (C=O) groups excluding carboxylic acids is 2. The number of nitrogens with zero attached hydrogens (tertiary/aromatic N) is 1. The lowest BCUT2D eigenvalue weighted by atomic mass is 10.1. The van der Waals surface area contributed by atoms with Gasteiger partial charge in [0, 0.05) is 24.3 Å². The third-order valence-electron chi connectivity index (χ3n) is 4.40. The fourth-order valence-electron chi connectivity index (χ4n) is 2.80. The van der Waals surface area contributed by atoms with E-state index in [0.29, 0.717) is 39.0 Å². The van der Waals surface area contributed by atoms with E-state index in [0.717, 1.165) is 38.5 Å². The summed E-state index contributed by atoms with van der Waals surface area (Å²) in [6.45, 7) is 1.93. The van der Waals surface area contributed by atoms with E-state index in [1.165, 1.54) is 4.90 Å². The molecule has 0 aliphatic carbocycles. The Labute approximate surface area is 176 Å². The molecule has 9 N–H and O–H groups in total. The number of benzene rings is 1. The van der Waals surface area contributed by atoms with Gasteiger partial charge in [-0.25, -0.2) is 5.84 Å². The number of hydrogen-bond donors (Lipinski definition) is 5. The van der Waals surface area contributed by atoms with Crippen molar-refractivity contribution in [2.24, 2.45) is 17.3 Å². The van der Waals surface area contributed by atoms with Crippen molar-refractivity contribution in [2.75, 3.05) is 31.9 Å². The van der Waals surface area contributed by atoms with Crippen LogP contribution in [0.15, 0.2) is 18.1 Å². The van der Waals surface area contributed by atoms with E-state index in [4.69, 9.17) is 19.8 Å². The van der Waals surface area contributed by atoms with Gasteiger partial charge < -0.3 is 22.1 Å². The van der Waals surface area contributed by atoms with Gasteiger partial charge in [-0.1, -0.05) is 25.7 Å². The summed E-state index contributed by atoms with van der Waals surface area (Å²) in [4.78, 5) is 27.2. The fraction of sp³-hybridized carbons (Fsp3) is 0.600. The minimum atomic E-state index is -1.04. The van der Waals surface area contributed by atoms with Crippen LogP contribution >= 0.6 is 0 Å². The maximum atomic E-state index is 13.5. The van der Waals surface area contributed by atoms with Crippen molar-refractivity contribution in [1.29, 1.82) is 0 Å². The van der Waals surface area contributed by atoms with Gasteiger partial charge in [0.05, 0.1) is 9.68 Å². The molecule has 0 aromatic heterocycles. The van der Waals surface area contributed by atoms with Gasteiger partial charge in [-0.15, -0.1) is 0 Å². The molecule has 0 radical (unpaired) electrons. The Bertz CT molecular complexity index is 800. The average molecular weight is 405 g/mol. The summed E-state index contributed by atoms with van der Waals surface area (Å²) >= 11 is 0. The van der Waals surface area contributed by atoms with Gasteiger partial charge in [0.15, 0.2) is 2.82 Å². The van der Waals surface area contributed by atoms with Crippen molar-refractivity contribution in [3.8, 4) is 0 Å². The molecule has 0 aliphatic heterocycles. The zero-order valence-electron chi connectivity index (χ0n) is 22.4. The van der Waals surface area contributed by atoms with Gasteiger partial charge in [0.2, 0.25) is 0 Å². The first kappa shape index (κ1) is 15.7. The summed E-state index contributed by atoms with van der Waals surface area (Å²) in [7, 11) is 0. The second-order valence-corrected chi connectivity index (χ2v) is 6.63. The van der Waals surface area contributed by atoms with Crippen LogP contribution in [0.25, 0.3) is 0 Å². The third-order valence-corrected chi connectivity index (χ3v) is 4.40. The van der Waals surface area contributed by atoms with Gasteiger partial charge in [-0.3, -0.25) is 15.0 Å². The molecule has 0 aliphatic rings. The molecule has 0 spiro atoms. The van der Waals surface area contributed by atoms with E-state index in [1.54, 1.807) is 5.84 Å². The number of carbonyl (C=O) groups is 2. The van der Waals surface area contributed by atoms with E-state index < -0.39 is 46.8 Å². The van der Waals surface area contributed by atoms with Crippen molar-refractivity contribution in [1.82, 2.24) is 10.3 Å². The average Bonchev–Trinajstić information content (AvgIpc) is 2.79. The number of rotatable bonds is 16. The molecular formula is C20H36N6O2. The number of nitrogens with one attached hydrogen (secondary N) is 1. The quantitative estimate of drug-likeness (QED) is 0.0921. The first-order valence-corrected chi connectivity index (χ1v) is 9.80. The molecular weight excluding hydrogens is 356 g/mol. The van der Waals surface area contributed by atoms with Crippen LogP contribution in [0.3, 0.4) is 0 Å². The number of hydrazine groups is 1. The van der Waals surface area contributed by atoms with E-state index in [2.05, 4.69) is 0 Å². The highest BCUT2D eigenvalue weighted by Gasteiger charge is 2.19. The highest BCUT2D eigenvalue weighted by atomic mass is 16.2. The minimum Gasteiger partial charge on any atom is -0.398 e. The van der Waals surface area contributed by atoms with Crippen molar-refractivity contribution in [2.45, 2.75) is 51.4 Å². The molecule has 1 rings (SSSR count). The van der Waals surface area contributed by atoms with Gasteiger partial charge in [-0.05, 0) is 56.9 Å². The van der Waals surface area contributed by atoms with Crippen LogP contribution in [0.1, 0.15) is 76.2 Å². The maximum absolute atomic E-state index is 13.5. The monoisotopic (exact) mass is 404 g/mol. The summed E-state index contributed by atoms with van der Waals surface area (Å²) in [6, 6.07) is -2.03. The van der Waals surface area contributed by atoms with Gasteiger partial charge in [-0.2, -0.15) is 0 Å². The van der Waals surface area contributed by atoms with E-state index in [1.807, 2.05) is 5.43 Å². The Balaban J connectivity index is 3.33. The van der Waals surface area contributed by atoms with Crippen LogP contribution in [0.2, 0.25) is 4.24 Å². The van der Waals surface area contributed by atoms with Crippen LogP contribution < -0.4 is 28.4 Å². The predicted octanol–water partition coefficient (Wildman–Crippen LogP) is 1.35. The lowest BCUT2D eigenvalue weighted by Crippen LogP contribution is -2.34. The molecule has 1 aromatic rings. The molecule has 2 amide bonds. The Kier molecular flexibility index (Phi) is 7.82. The molecule has 8 nitrogen and oxygen atoms in total. The zero-order chi connectivity index (χ0) is 25.7. The van der Waals surface area contributed by atoms with Crippen LogP contribution in [-0.4, -0.2) is 42.9 Å². The second-order valence-electron chi connectivity index (χ2n) is 6.63. The van der Waals surface area contributed by atoms with Gasteiger partial charge in [0.25, 0.3) is 11.8 Å². The van der Waals surface area contributed by atoms with Crippen LogP contribution in [0.4, 0.5) is 5.69 Å². The molecule has 0 saturated heterocycles. The number of anilines is 1. The summed E-state index contributed by atoms with van der Waals surface area (Å²) in [6.07, 6.45) is 6.68. The lowest BCUT2D eigenvalue weighted by Gasteiger charge is -2.24. The third kappa shape index (κ3) is 8.24. The zero-order valence-corrected chi connectivity index (χ0v) is 16.4. The minimum absolute atomic E-state index is 0.0125. The topological polar surface area (TPSA) is 153 Å². The molecule has 158 valence electrons. The van der Waals surface area contributed by atoms with Crippen molar-refractivity contribution in [3.05, 3.63) is 29.3 Å². The first-order chi connectivity index (χ1) is 16.2. The van der Waals surface area contributed by atoms with Crippen molar-refractivity contribution in [3.63, 3.8) is 0 Å². The first-order valence-electron chi connectivity index (χ1n) is 12.7. The fourth-order valence-corrected chi connectivity index (χ4v) is 2.80. The number of nitrogens with two attached hydrogens (primary N) is 4. The molecule has 8 heteroatoms. The summed E-state index contributed by atoms with van der Waals surface area (Å²) in [5, 5.41) is 0. The lowest BCUT2D eigenvalue weighted by molar-refractivity contribution is 0.0749. The predicted molar refractivity (Wildman–Crippen MR) is 113 cm³/mol. The van der Waals surface area contributed by atoms with Gasteiger partial charge >= 0.3 is 0 Å². The molecule has 0 bridgehead atoms. The Morgan fingerprint density at radius 3 is 2.11 bits per heavy atom. The molecule has 0 heterocycles. The molecule has 1 aromatic carbocycles. The molecule has 0 fully saturated rings. The Morgan fingerprint density at radius 1 is 0.964 bits per heavy atom. The smallest absolute Gasteiger partial charge is 0.265 e. The molecule has 28 heavy (non-hydrogen) atoms. The highest BCUT2D eigenvalue weighted by Crippen LogP contribution is 2.18. The van der Waals surface area contributed by atoms with E-state index >= 15 is 0 Å². The summed E-state index contributed by atoms with van der Waals surface area (Å²) in [5.74, 6) is -0.0580. The molecule has 0 saturated carbocycles. The highest BCUT2D eigenvalue weighted by molar-refractivity contribution is 6.02. The maximum Gasteiger partial charge on any atom is 0.265 e. The Hall–Kier alpha value is -2.16. The van der Waals surface area contributed by atoms with Gasteiger partial charge in [0.1, 0.15) is 1.41 Å². The largest absolute Gasteiger partial charge is 0.398 e. The normalized spacial score (nSPS) is 13.5. The van der Waals surface area contributed by atoms with Crippen molar-refractivity contribution < 1.29 is 17.9 Å². The number of amides is 2. The molecule has 0 unspecified atom stereocenters. The number of nitrogen functional groups attached to an aromatic ring is 2. The number of unbranched alkanes of at least 4 members (excludes halogenated alkanes) is 6. The molecule has 0 atom stereocenters. The van der Waals surface area contributed by atoms with Crippen LogP contribution in [0, 0.1) is 0 Å². The summed E-state index contributed by atoms with van der Waals surface area (Å²) in [5.41, 5.74) is 11.4. The Morgan fingerprint density at radius 2 is 1.57 bits per heavy atom. The van der Waals surface area contributed by atoms with Crippen LogP contribution in [0.5, 0.6) is 0 Å². The summed E-state index contributed by atoms with van der Waals surface area (Å²) < 4.78 is 47.2. The van der Waals surface area contributed by atoms with E-state index in [-0.39, 0.29) is 5.72 Å². The standard InChI is InChI=1S/C20H36N6O2/c21-11-5-1-3-7-13-26(14-8-4-2-6-12-22)20(28)17-10-9-16(15-18(17)23)19(27)25-24/h9-10,15H,1-8,11-14,21-24H2,(H,25,27)/i9T,10T,15T/hT3. The van der Waals surface area contributed by atoms with Crippen LogP contribution in [-0.2, 0) is 0 Å².